The van der Waals surface area contributed by atoms with Crippen LogP contribution in [0.5, 0.6) is 0 Å². The number of carbonyl (C=O) groups excluding carboxylic acids is 2. The molecular formula is C28H28N6O4S. The Morgan fingerprint density at radius 1 is 1.10 bits per heavy atom. The third kappa shape index (κ3) is 5.73. The van der Waals surface area contributed by atoms with Gasteiger partial charge < -0.3 is 15.5 Å². The van der Waals surface area contributed by atoms with Crippen LogP contribution in [0.2, 0.25) is 0 Å². The number of nitrogens with zero attached hydrogens (tertiary/aromatic N) is 4. The lowest BCUT2D eigenvalue weighted by atomic mass is 10.1. The maximum absolute atomic E-state index is 12.7. The zero-order valence-electron chi connectivity index (χ0n) is 21.8. The van der Waals surface area contributed by atoms with Crippen LogP contribution >= 0.6 is 0 Å². The first kappa shape index (κ1) is 26.2. The van der Waals surface area contributed by atoms with E-state index < -0.39 is 15.7 Å². The van der Waals surface area contributed by atoms with Crippen LogP contribution in [0, 0.1) is 6.92 Å². The lowest BCUT2D eigenvalue weighted by molar-refractivity contribution is -0.120. The van der Waals surface area contributed by atoms with E-state index in [0.29, 0.717) is 40.5 Å². The highest BCUT2D eigenvalue weighted by atomic mass is 32.2. The van der Waals surface area contributed by atoms with Crippen molar-refractivity contribution in [1.82, 2.24) is 25.6 Å². The van der Waals surface area contributed by atoms with Crippen LogP contribution in [0.1, 0.15) is 28.5 Å². The quantitative estimate of drug-likeness (QED) is 0.378. The van der Waals surface area contributed by atoms with Crippen LogP contribution in [0.4, 0.5) is 5.82 Å². The number of carbonyl (C=O) groups is 2. The maximum Gasteiger partial charge on any atom is 0.251 e. The summed E-state index contributed by atoms with van der Waals surface area (Å²) in [5.74, 6) is 0.282. The van der Waals surface area contributed by atoms with Crippen molar-refractivity contribution in [3.8, 4) is 11.4 Å². The first-order valence-corrected chi connectivity index (χ1v) is 14.3. The fourth-order valence-electron chi connectivity index (χ4n) is 4.48. The van der Waals surface area contributed by atoms with Crippen LogP contribution in [0.3, 0.4) is 0 Å². The van der Waals surface area contributed by atoms with Gasteiger partial charge in [0.1, 0.15) is 5.82 Å². The Hall–Kier alpha value is -4.38. The molecular weight excluding hydrogens is 516 g/mol. The van der Waals surface area contributed by atoms with Gasteiger partial charge in [0.2, 0.25) is 5.91 Å². The molecule has 1 atom stereocenters. The molecule has 0 radical (unpaired) electrons. The minimum Gasteiger partial charge on any atom is -0.353 e. The van der Waals surface area contributed by atoms with E-state index in [1.807, 2.05) is 42.2 Å². The first-order chi connectivity index (χ1) is 18.6. The van der Waals surface area contributed by atoms with Gasteiger partial charge in [-0.2, -0.15) is 0 Å². The monoisotopic (exact) mass is 544 g/mol. The number of nitrogens with one attached hydrogen (secondary N) is 2. The van der Waals surface area contributed by atoms with Crippen LogP contribution in [-0.2, 0) is 21.2 Å². The number of rotatable bonds is 6. The standard InChI is InChI=1S/C28H28N6O4S/c1-17-7-8-19(11-25(17)39(3,37)38)28(36)31-15-21-12-24-20(14-29-21)9-10-23(32-24)22-5-4-6-26(33-22)34-16-27(35)30-13-18(34)2/h4-12,14,18H,13,15-16H2,1-3H3,(H,30,35)(H,31,36). The maximum atomic E-state index is 12.7. The molecule has 1 aromatic carbocycles. The molecule has 10 nitrogen and oxygen atoms in total. The molecule has 1 fully saturated rings. The average molecular weight is 545 g/mol. The van der Waals surface area contributed by atoms with Gasteiger partial charge >= 0.3 is 0 Å². The van der Waals surface area contributed by atoms with E-state index in [0.717, 1.165) is 11.6 Å². The second-order valence-corrected chi connectivity index (χ2v) is 11.6. The van der Waals surface area contributed by atoms with Gasteiger partial charge in [-0.3, -0.25) is 14.6 Å². The largest absolute Gasteiger partial charge is 0.353 e. The van der Waals surface area contributed by atoms with Crippen molar-refractivity contribution >= 4 is 38.4 Å². The summed E-state index contributed by atoms with van der Waals surface area (Å²) in [6.45, 7) is 4.69. The van der Waals surface area contributed by atoms with E-state index in [1.54, 1.807) is 31.3 Å². The molecule has 4 aromatic rings. The summed E-state index contributed by atoms with van der Waals surface area (Å²) in [5, 5.41) is 6.50. The molecule has 1 saturated heterocycles. The fourth-order valence-corrected chi connectivity index (χ4v) is 5.48. The second kappa shape index (κ2) is 10.4. The average Bonchev–Trinajstić information content (AvgIpc) is 2.92. The number of hydrogen-bond donors (Lipinski definition) is 2. The zero-order chi connectivity index (χ0) is 27.7. The predicted octanol–water partition coefficient (Wildman–Crippen LogP) is 2.66. The van der Waals surface area contributed by atoms with Crippen LogP contribution in [-0.4, -0.2) is 60.6 Å². The van der Waals surface area contributed by atoms with Gasteiger partial charge in [0.25, 0.3) is 5.91 Å². The summed E-state index contributed by atoms with van der Waals surface area (Å²) in [6, 6.07) is 16.0. The van der Waals surface area contributed by atoms with Gasteiger partial charge in [-0.25, -0.2) is 18.4 Å². The van der Waals surface area contributed by atoms with Crippen molar-refractivity contribution in [3.05, 3.63) is 77.6 Å². The fraction of sp³-hybridized carbons (Fsp3) is 0.250. The number of fused-ring (bicyclic) bond motifs is 1. The number of aryl methyl sites for hydroxylation is 1. The molecule has 1 aliphatic heterocycles. The van der Waals surface area contributed by atoms with Gasteiger partial charge in [0, 0.05) is 36.0 Å². The number of amides is 2. The molecule has 4 heterocycles. The van der Waals surface area contributed by atoms with Crippen molar-refractivity contribution in [3.63, 3.8) is 0 Å². The predicted molar refractivity (Wildman–Crippen MR) is 148 cm³/mol. The third-order valence-electron chi connectivity index (χ3n) is 6.64. The smallest absolute Gasteiger partial charge is 0.251 e. The summed E-state index contributed by atoms with van der Waals surface area (Å²) in [6.07, 6.45) is 2.81. The molecule has 1 aliphatic rings. The Morgan fingerprint density at radius 3 is 2.69 bits per heavy atom. The molecule has 0 saturated carbocycles. The number of anilines is 1. The van der Waals surface area contributed by atoms with Gasteiger partial charge in [0.15, 0.2) is 9.84 Å². The van der Waals surface area contributed by atoms with E-state index >= 15 is 0 Å². The number of sulfone groups is 1. The minimum atomic E-state index is -3.45. The molecule has 2 N–H and O–H groups in total. The topological polar surface area (TPSA) is 134 Å². The van der Waals surface area contributed by atoms with Crippen LogP contribution in [0.15, 0.2) is 65.7 Å². The SMILES string of the molecule is Cc1ccc(C(=O)NCc2cc3nc(-c4cccc(N5CC(=O)NCC5C)n4)ccc3cn2)cc1S(C)(=O)=O. The lowest BCUT2D eigenvalue weighted by Gasteiger charge is -2.34. The Labute approximate surface area is 226 Å². The highest BCUT2D eigenvalue weighted by Crippen LogP contribution is 2.24. The lowest BCUT2D eigenvalue weighted by Crippen LogP contribution is -2.53. The third-order valence-corrected chi connectivity index (χ3v) is 7.88. The highest BCUT2D eigenvalue weighted by Gasteiger charge is 2.24. The number of pyridine rings is 3. The second-order valence-electron chi connectivity index (χ2n) is 9.66. The van der Waals surface area contributed by atoms with Crippen LogP contribution in [0.25, 0.3) is 22.3 Å². The van der Waals surface area contributed by atoms with E-state index in [1.165, 1.54) is 6.07 Å². The van der Waals surface area contributed by atoms with Crippen molar-refractivity contribution in [2.45, 2.75) is 31.3 Å². The molecule has 0 spiro atoms. The number of benzene rings is 1. The molecule has 200 valence electrons. The summed E-state index contributed by atoms with van der Waals surface area (Å²) in [5.41, 5.74) is 3.50. The Morgan fingerprint density at radius 2 is 1.90 bits per heavy atom. The van der Waals surface area contributed by atoms with E-state index in [-0.39, 0.29) is 35.5 Å². The van der Waals surface area contributed by atoms with Crippen LogP contribution < -0.4 is 15.5 Å². The van der Waals surface area contributed by atoms with E-state index in [2.05, 4.69) is 15.6 Å². The molecule has 3 aromatic heterocycles. The molecule has 5 rings (SSSR count). The molecule has 39 heavy (non-hydrogen) atoms. The van der Waals surface area contributed by atoms with Crippen molar-refractivity contribution in [2.75, 3.05) is 24.2 Å². The zero-order valence-corrected chi connectivity index (χ0v) is 22.6. The normalized spacial score (nSPS) is 15.7. The molecule has 0 bridgehead atoms. The van der Waals surface area contributed by atoms with Gasteiger partial charge in [-0.05, 0) is 61.9 Å². The number of aromatic nitrogens is 3. The van der Waals surface area contributed by atoms with Crippen molar-refractivity contribution in [1.29, 1.82) is 0 Å². The van der Waals surface area contributed by atoms with Crippen molar-refractivity contribution < 1.29 is 18.0 Å². The van der Waals surface area contributed by atoms with Gasteiger partial charge in [-0.1, -0.05) is 12.1 Å². The molecule has 1 unspecified atom stereocenters. The molecule has 2 amide bonds. The summed E-state index contributed by atoms with van der Waals surface area (Å²) >= 11 is 0. The summed E-state index contributed by atoms with van der Waals surface area (Å²) in [7, 11) is -3.45. The highest BCUT2D eigenvalue weighted by molar-refractivity contribution is 7.90. The van der Waals surface area contributed by atoms with Crippen molar-refractivity contribution in [2.24, 2.45) is 0 Å². The van der Waals surface area contributed by atoms with E-state index in [4.69, 9.17) is 9.97 Å². The minimum absolute atomic E-state index is 0.0329. The molecule has 0 aliphatic carbocycles. The number of piperazine rings is 1. The Bertz CT molecular complexity index is 1710. The summed E-state index contributed by atoms with van der Waals surface area (Å²) < 4.78 is 24.0. The Kier molecular flexibility index (Phi) is 7.00. The van der Waals surface area contributed by atoms with E-state index in [9.17, 15) is 18.0 Å². The summed E-state index contributed by atoms with van der Waals surface area (Å²) in [4.78, 5) is 40.7. The van der Waals surface area contributed by atoms with Gasteiger partial charge in [0.05, 0.1) is 40.6 Å². The first-order valence-electron chi connectivity index (χ1n) is 12.4. The Balaban J connectivity index is 1.35. The number of hydrogen-bond acceptors (Lipinski definition) is 8. The molecule has 11 heteroatoms. The van der Waals surface area contributed by atoms with Gasteiger partial charge in [-0.15, -0.1) is 0 Å².